The summed E-state index contributed by atoms with van der Waals surface area (Å²) in [5.74, 6) is 0.717. The van der Waals surface area contributed by atoms with Crippen LogP contribution in [0, 0.1) is 6.92 Å². The van der Waals surface area contributed by atoms with Crippen LogP contribution >= 0.6 is 0 Å². The number of aromatic nitrogens is 1. The highest BCUT2D eigenvalue weighted by Gasteiger charge is 2.28. The monoisotopic (exact) mass is 444 g/mol. The number of piperidine rings is 1. The van der Waals surface area contributed by atoms with Gasteiger partial charge in [-0.2, -0.15) is 0 Å². The van der Waals surface area contributed by atoms with Crippen LogP contribution in [0.15, 0.2) is 72.8 Å². The molecule has 3 aromatic rings. The first-order chi connectivity index (χ1) is 16.1. The number of hydrogen-bond donors (Lipinski definition) is 1. The molecule has 2 amide bonds. The van der Waals surface area contributed by atoms with Gasteiger partial charge in [-0.25, -0.2) is 4.79 Å². The standard InChI is InChI=1S/C27H32N4O2/c1-21-8-6-12-24(28-21)20-31(27(32)29-23-11-7-13-26(18-23)33-2)25-14-16-30(17-15-25)19-22-9-4-3-5-10-22/h3-13,18,25H,14-17,19-20H2,1-2H3,(H,29,32). The van der Waals surface area contributed by atoms with E-state index in [1.165, 1.54) is 5.56 Å². The maximum Gasteiger partial charge on any atom is 0.322 e. The first-order valence-corrected chi connectivity index (χ1v) is 11.5. The number of aryl methyl sites for hydroxylation is 1. The van der Waals surface area contributed by atoms with Crippen molar-refractivity contribution in [3.05, 3.63) is 89.7 Å². The van der Waals surface area contributed by atoms with Crippen LogP contribution < -0.4 is 10.1 Å². The summed E-state index contributed by atoms with van der Waals surface area (Å²) in [5.41, 5.74) is 3.91. The van der Waals surface area contributed by atoms with Gasteiger partial charge in [0, 0.05) is 43.1 Å². The third kappa shape index (κ3) is 6.33. The molecule has 1 N–H and O–H groups in total. The van der Waals surface area contributed by atoms with Crippen LogP contribution in [0.3, 0.4) is 0 Å². The van der Waals surface area contributed by atoms with E-state index >= 15 is 0 Å². The molecule has 1 aliphatic rings. The van der Waals surface area contributed by atoms with E-state index in [4.69, 9.17) is 4.74 Å². The third-order valence-electron chi connectivity index (χ3n) is 6.11. The lowest BCUT2D eigenvalue weighted by molar-refractivity contribution is 0.119. The number of pyridine rings is 1. The second-order valence-corrected chi connectivity index (χ2v) is 8.55. The van der Waals surface area contributed by atoms with Gasteiger partial charge in [-0.3, -0.25) is 9.88 Å². The predicted octanol–water partition coefficient (Wildman–Crippen LogP) is 5.10. The van der Waals surface area contributed by atoms with Crippen LogP contribution in [-0.4, -0.2) is 47.1 Å². The molecule has 0 aliphatic carbocycles. The van der Waals surface area contributed by atoms with Gasteiger partial charge in [0.1, 0.15) is 5.75 Å². The molecule has 0 atom stereocenters. The highest BCUT2D eigenvalue weighted by molar-refractivity contribution is 5.89. The van der Waals surface area contributed by atoms with Gasteiger partial charge < -0.3 is 15.0 Å². The highest BCUT2D eigenvalue weighted by atomic mass is 16.5. The first kappa shape index (κ1) is 22.8. The molecule has 2 aromatic carbocycles. The first-order valence-electron chi connectivity index (χ1n) is 11.5. The lowest BCUT2D eigenvalue weighted by Gasteiger charge is -2.38. The molecule has 1 aromatic heterocycles. The summed E-state index contributed by atoms with van der Waals surface area (Å²) in [6, 6.07) is 24.0. The molecule has 0 bridgehead atoms. The average molecular weight is 445 g/mol. The van der Waals surface area contributed by atoms with Gasteiger partial charge >= 0.3 is 6.03 Å². The van der Waals surface area contributed by atoms with E-state index < -0.39 is 0 Å². The zero-order valence-corrected chi connectivity index (χ0v) is 19.4. The van der Waals surface area contributed by atoms with E-state index in [1.54, 1.807) is 7.11 Å². The molecule has 1 fully saturated rings. The van der Waals surface area contributed by atoms with Gasteiger partial charge in [-0.15, -0.1) is 0 Å². The molecule has 4 rings (SSSR count). The molecule has 0 radical (unpaired) electrons. The van der Waals surface area contributed by atoms with E-state index in [1.807, 2.05) is 60.4 Å². The molecular weight excluding hydrogens is 412 g/mol. The van der Waals surface area contributed by atoms with Gasteiger partial charge in [-0.05, 0) is 49.6 Å². The number of urea groups is 1. The molecule has 0 unspecified atom stereocenters. The lowest BCUT2D eigenvalue weighted by Crippen LogP contribution is -2.48. The van der Waals surface area contributed by atoms with Crippen LogP contribution in [-0.2, 0) is 13.1 Å². The number of carbonyl (C=O) groups is 1. The second kappa shape index (κ2) is 11.0. The number of anilines is 1. The molecular formula is C27H32N4O2. The van der Waals surface area contributed by atoms with Crippen LogP contribution in [0.2, 0.25) is 0 Å². The van der Waals surface area contributed by atoms with Crippen molar-refractivity contribution in [2.45, 2.75) is 38.9 Å². The van der Waals surface area contributed by atoms with Crippen LogP contribution in [0.4, 0.5) is 10.5 Å². The number of nitrogens with zero attached hydrogens (tertiary/aromatic N) is 3. The van der Waals surface area contributed by atoms with Gasteiger partial charge in [-0.1, -0.05) is 42.5 Å². The Morgan fingerprint density at radius 2 is 1.82 bits per heavy atom. The minimum Gasteiger partial charge on any atom is -0.497 e. The van der Waals surface area contributed by atoms with E-state index in [-0.39, 0.29) is 12.1 Å². The molecule has 0 saturated carbocycles. The fourth-order valence-corrected chi connectivity index (χ4v) is 4.36. The van der Waals surface area contributed by atoms with Crippen molar-refractivity contribution in [2.75, 3.05) is 25.5 Å². The number of nitrogens with one attached hydrogen (secondary N) is 1. The number of hydrogen-bond acceptors (Lipinski definition) is 4. The summed E-state index contributed by atoms with van der Waals surface area (Å²) in [4.78, 5) is 22.5. The van der Waals surface area contributed by atoms with Crippen molar-refractivity contribution in [3.8, 4) is 5.75 Å². The Morgan fingerprint density at radius 1 is 1.06 bits per heavy atom. The quantitative estimate of drug-likeness (QED) is 0.551. The average Bonchev–Trinajstić information content (AvgIpc) is 2.84. The second-order valence-electron chi connectivity index (χ2n) is 8.55. The highest BCUT2D eigenvalue weighted by Crippen LogP contribution is 2.23. The maximum absolute atomic E-state index is 13.4. The Morgan fingerprint density at radius 3 is 2.55 bits per heavy atom. The number of rotatable bonds is 7. The molecule has 33 heavy (non-hydrogen) atoms. The number of ether oxygens (including phenoxy) is 1. The van der Waals surface area contributed by atoms with Crippen molar-refractivity contribution in [1.29, 1.82) is 0 Å². The van der Waals surface area contributed by atoms with Gasteiger partial charge in [0.2, 0.25) is 0 Å². The number of carbonyl (C=O) groups excluding carboxylic acids is 1. The largest absolute Gasteiger partial charge is 0.497 e. The van der Waals surface area contributed by atoms with Crippen molar-refractivity contribution >= 4 is 11.7 Å². The van der Waals surface area contributed by atoms with Crippen LogP contribution in [0.1, 0.15) is 29.8 Å². The smallest absolute Gasteiger partial charge is 0.322 e. The Bertz CT molecular complexity index is 1050. The SMILES string of the molecule is COc1cccc(NC(=O)N(Cc2cccc(C)n2)C2CCN(Cc3ccccc3)CC2)c1. The molecule has 1 aliphatic heterocycles. The van der Waals surface area contributed by atoms with Gasteiger partial charge in [0.25, 0.3) is 0 Å². The molecule has 0 spiro atoms. The number of methoxy groups -OCH3 is 1. The molecule has 2 heterocycles. The number of benzene rings is 2. The number of amides is 2. The van der Waals surface area contributed by atoms with E-state index in [0.29, 0.717) is 12.3 Å². The Labute approximate surface area is 196 Å². The topological polar surface area (TPSA) is 57.7 Å². The Kier molecular flexibility index (Phi) is 7.58. The zero-order valence-electron chi connectivity index (χ0n) is 19.4. The molecule has 6 nitrogen and oxygen atoms in total. The normalized spacial score (nSPS) is 14.6. The third-order valence-corrected chi connectivity index (χ3v) is 6.11. The summed E-state index contributed by atoms with van der Waals surface area (Å²) < 4.78 is 5.30. The van der Waals surface area contributed by atoms with E-state index in [9.17, 15) is 4.79 Å². The minimum atomic E-state index is -0.104. The Balaban J connectivity index is 1.46. The Hall–Kier alpha value is -3.38. The van der Waals surface area contributed by atoms with Gasteiger partial charge in [0.15, 0.2) is 0 Å². The summed E-state index contributed by atoms with van der Waals surface area (Å²) >= 11 is 0. The van der Waals surface area contributed by atoms with Crippen molar-refractivity contribution < 1.29 is 9.53 Å². The van der Waals surface area contributed by atoms with E-state index in [0.717, 1.165) is 49.6 Å². The van der Waals surface area contributed by atoms with Crippen LogP contribution in [0.5, 0.6) is 5.75 Å². The lowest BCUT2D eigenvalue weighted by atomic mass is 10.0. The fraction of sp³-hybridized carbons (Fsp3) is 0.333. The molecule has 172 valence electrons. The summed E-state index contributed by atoms with van der Waals surface area (Å²) in [5, 5.41) is 3.07. The van der Waals surface area contributed by atoms with Crippen molar-refractivity contribution in [3.63, 3.8) is 0 Å². The number of likely N-dealkylation sites (tertiary alicyclic amines) is 1. The van der Waals surface area contributed by atoms with Crippen molar-refractivity contribution in [1.82, 2.24) is 14.8 Å². The van der Waals surface area contributed by atoms with Crippen molar-refractivity contribution in [2.24, 2.45) is 0 Å². The molecule has 6 heteroatoms. The predicted molar refractivity (Wildman–Crippen MR) is 131 cm³/mol. The zero-order chi connectivity index (χ0) is 23.0. The minimum absolute atomic E-state index is 0.104. The molecule has 1 saturated heterocycles. The summed E-state index contributed by atoms with van der Waals surface area (Å²) in [6.07, 6.45) is 1.87. The summed E-state index contributed by atoms with van der Waals surface area (Å²) in [6.45, 7) is 5.34. The van der Waals surface area contributed by atoms with Crippen LogP contribution in [0.25, 0.3) is 0 Å². The summed E-state index contributed by atoms with van der Waals surface area (Å²) in [7, 11) is 1.62. The van der Waals surface area contributed by atoms with E-state index in [2.05, 4.69) is 39.5 Å². The fourth-order valence-electron chi connectivity index (χ4n) is 4.36. The van der Waals surface area contributed by atoms with Gasteiger partial charge in [0.05, 0.1) is 19.3 Å². The maximum atomic E-state index is 13.4.